The van der Waals surface area contributed by atoms with Gasteiger partial charge in [-0.05, 0) is 43.4 Å². The Bertz CT molecular complexity index is 489. The quantitative estimate of drug-likeness (QED) is 0.740. The molecule has 0 spiro atoms. The van der Waals surface area contributed by atoms with E-state index in [9.17, 15) is 4.79 Å². The van der Waals surface area contributed by atoms with Crippen LogP contribution in [-0.4, -0.2) is 24.3 Å². The number of carbonyl (C=O) groups is 1. The minimum Gasteiger partial charge on any atom is -0.493 e. The summed E-state index contributed by atoms with van der Waals surface area (Å²) in [5.41, 5.74) is 0.761. The molecule has 0 unspecified atom stereocenters. The summed E-state index contributed by atoms with van der Waals surface area (Å²) in [5.74, 6) is 1.11. The van der Waals surface area contributed by atoms with E-state index in [1.165, 1.54) is 12.8 Å². The molecule has 0 amide bonds. The Kier molecular flexibility index (Phi) is 5.04. The van der Waals surface area contributed by atoms with Gasteiger partial charge in [0, 0.05) is 17.7 Å². The second kappa shape index (κ2) is 6.98. The molecule has 1 aromatic carbocycles. The Labute approximate surface area is 119 Å². The summed E-state index contributed by atoms with van der Waals surface area (Å²) in [4.78, 5) is 10.6. The Morgan fingerprint density at radius 3 is 2.85 bits per heavy atom. The van der Waals surface area contributed by atoms with Gasteiger partial charge in [0.15, 0.2) is 0 Å². The molecule has 1 N–H and O–H groups in total. The van der Waals surface area contributed by atoms with Crippen molar-refractivity contribution in [1.82, 2.24) is 0 Å². The first-order valence-corrected chi connectivity index (χ1v) is 6.99. The summed E-state index contributed by atoms with van der Waals surface area (Å²) in [6.07, 6.45) is 6.04. The van der Waals surface area contributed by atoms with Crippen LogP contribution < -0.4 is 9.47 Å². The third kappa shape index (κ3) is 4.61. The van der Waals surface area contributed by atoms with Crippen LogP contribution in [0.1, 0.15) is 31.7 Å². The highest BCUT2D eigenvalue weighted by atomic mass is 16.5. The first kappa shape index (κ1) is 14.4. The maximum Gasteiger partial charge on any atom is 0.328 e. The molecule has 20 heavy (non-hydrogen) atoms. The van der Waals surface area contributed by atoms with E-state index >= 15 is 0 Å². The fourth-order valence-electron chi connectivity index (χ4n) is 1.74. The van der Waals surface area contributed by atoms with Gasteiger partial charge in [-0.15, -0.1) is 0 Å². The molecular formula is C16H20O4. The molecule has 1 fully saturated rings. The molecule has 0 aromatic heterocycles. The van der Waals surface area contributed by atoms with Crippen LogP contribution in [0.15, 0.2) is 24.3 Å². The number of carboxylic acid groups (broad SMARTS) is 1. The van der Waals surface area contributed by atoms with E-state index < -0.39 is 5.97 Å². The number of ether oxygens (including phenoxy) is 2. The Morgan fingerprint density at radius 2 is 2.20 bits per heavy atom. The molecule has 0 aliphatic heterocycles. The van der Waals surface area contributed by atoms with Gasteiger partial charge in [-0.3, -0.25) is 0 Å². The predicted molar refractivity (Wildman–Crippen MR) is 77.1 cm³/mol. The molecule has 1 aliphatic carbocycles. The average Bonchev–Trinajstić information content (AvgIpc) is 3.25. The van der Waals surface area contributed by atoms with Crippen molar-refractivity contribution < 1.29 is 19.4 Å². The first-order valence-electron chi connectivity index (χ1n) is 6.99. The number of rotatable bonds is 8. The molecule has 0 radical (unpaired) electrons. The van der Waals surface area contributed by atoms with E-state index in [4.69, 9.17) is 14.6 Å². The van der Waals surface area contributed by atoms with Gasteiger partial charge >= 0.3 is 5.97 Å². The van der Waals surface area contributed by atoms with Crippen molar-refractivity contribution in [3.05, 3.63) is 29.8 Å². The van der Waals surface area contributed by atoms with Gasteiger partial charge in [-0.25, -0.2) is 4.79 Å². The molecule has 1 saturated carbocycles. The number of hydrogen-bond donors (Lipinski definition) is 1. The zero-order chi connectivity index (χ0) is 14.4. The fraction of sp³-hybridized carbons (Fsp3) is 0.438. The lowest BCUT2D eigenvalue weighted by Gasteiger charge is -2.11. The van der Waals surface area contributed by atoms with Gasteiger partial charge in [0.2, 0.25) is 0 Å². The molecule has 0 atom stereocenters. The van der Waals surface area contributed by atoms with Crippen molar-refractivity contribution in [1.29, 1.82) is 0 Å². The molecule has 2 rings (SSSR count). The first-order chi connectivity index (χ1) is 9.69. The highest BCUT2D eigenvalue weighted by Gasteiger charge is 2.22. The van der Waals surface area contributed by atoms with E-state index in [1.807, 2.05) is 18.2 Å². The molecule has 1 aliphatic rings. The number of carboxylic acids is 1. The van der Waals surface area contributed by atoms with Gasteiger partial charge in [0.25, 0.3) is 0 Å². The van der Waals surface area contributed by atoms with Gasteiger partial charge in [-0.1, -0.05) is 6.92 Å². The monoisotopic (exact) mass is 276 g/mol. The van der Waals surface area contributed by atoms with Crippen LogP contribution in [0, 0.1) is 5.92 Å². The SMILES string of the molecule is CCCOc1ccc(/C=C/C(=O)O)c(OCC2CC2)c1. The molecule has 0 bridgehead atoms. The van der Waals surface area contributed by atoms with Crippen LogP contribution in [0.5, 0.6) is 11.5 Å². The second-order valence-corrected chi connectivity index (χ2v) is 4.97. The zero-order valence-corrected chi connectivity index (χ0v) is 11.7. The predicted octanol–water partition coefficient (Wildman–Crippen LogP) is 3.36. The Morgan fingerprint density at radius 1 is 1.40 bits per heavy atom. The lowest BCUT2D eigenvalue weighted by molar-refractivity contribution is -0.131. The van der Waals surface area contributed by atoms with Gasteiger partial charge in [0.1, 0.15) is 11.5 Å². The fourth-order valence-corrected chi connectivity index (χ4v) is 1.74. The zero-order valence-electron chi connectivity index (χ0n) is 11.7. The summed E-state index contributed by atoms with van der Waals surface area (Å²) in [6.45, 7) is 3.39. The minimum absolute atomic E-state index is 0.645. The van der Waals surface area contributed by atoms with Crippen LogP contribution in [0.4, 0.5) is 0 Å². The number of benzene rings is 1. The van der Waals surface area contributed by atoms with Crippen LogP contribution in [0.3, 0.4) is 0 Å². The van der Waals surface area contributed by atoms with Crippen LogP contribution in [0.25, 0.3) is 6.08 Å². The normalized spacial score (nSPS) is 14.4. The van der Waals surface area contributed by atoms with Crippen molar-refractivity contribution >= 4 is 12.0 Å². The molecule has 4 nitrogen and oxygen atoms in total. The highest BCUT2D eigenvalue weighted by molar-refractivity contribution is 5.86. The number of aliphatic carboxylic acids is 1. The summed E-state index contributed by atoms with van der Waals surface area (Å²) >= 11 is 0. The summed E-state index contributed by atoms with van der Waals surface area (Å²) in [7, 11) is 0. The summed E-state index contributed by atoms with van der Waals surface area (Å²) < 4.78 is 11.4. The largest absolute Gasteiger partial charge is 0.493 e. The Balaban J connectivity index is 2.12. The van der Waals surface area contributed by atoms with Crippen molar-refractivity contribution in [2.24, 2.45) is 5.92 Å². The summed E-state index contributed by atoms with van der Waals surface area (Å²) in [5, 5.41) is 8.71. The maximum atomic E-state index is 10.6. The van der Waals surface area contributed by atoms with Crippen molar-refractivity contribution in [2.75, 3.05) is 13.2 Å². The van der Waals surface area contributed by atoms with E-state index in [0.717, 1.165) is 23.8 Å². The molecule has 1 aromatic rings. The smallest absolute Gasteiger partial charge is 0.328 e. The Hall–Kier alpha value is -1.97. The highest BCUT2D eigenvalue weighted by Crippen LogP contribution is 2.32. The van der Waals surface area contributed by atoms with Crippen LogP contribution in [0.2, 0.25) is 0 Å². The third-order valence-corrected chi connectivity index (χ3v) is 3.03. The second-order valence-electron chi connectivity index (χ2n) is 4.97. The molecule has 4 heteroatoms. The summed E-state index contributed by atoms with van der Waals surface area (Å²) in [6, 6.07) is 5.49. The van der Waals surface area contributed by atoms with Crippen LogP contribution in [-0.2, 0) is 4.79 Å². The van der Waals surface area contributed by atoms with E-state index in [1.54, 1.807) is 6.08 Å². The lowest BCUT2D eigenvalue weighted by Crippen LogP contribution is -2.02. The molecule has 0 heterocycles. The van der Waals surface area contributed by atoms with Crippen LogP contribution >= 0.6 is 0 Å². The molecular weight excluding hydrogens is 256 g/mol. The minimum atomic E-state index is -0.968. The number of hydrogen-bond acceptors (Lipinski definition) is 3. The van der Waals surface area contributed by atoms with Crippen molar-refractivity contribution in [3.63, 3.8) is 0 Å². The maximum absolute atomic E-state index is 10.6. The van der Waals surface area contributed by atoms with Crippen molar-refractivity contribution in [2.45, 2.75) is 26.2 Å². The standard InChI is InChI=1S/C16H20O4/c1-2-9-19-14-7-5-13(6-8-16(17)18)15(10-14)20-11-12-3-4-12/h5-8,10,12H,2-4,9,11H2,1H3,(H,17,18)/b8-6+. The lowest BCUT2D eigenvalue weighted by atomic mass is 10.1. The average molecular weight is 276 g/mol. The van der Waals surface area contributed by atoms with E-state index in [-0.39, 0.29) is 0 Å². The third-order valence-electron chi connectivity index (χ3n) is 3.03. The topological polar surface area (TPSA) is 55.8 Å². The van der Waals surface area contributed by atoms with Gasteiger partial charge in [0.05, 0.1) is 13.2 Å². The van der Waals surface area contributed by atoms with E-state index in [0.29, 0.717) is 24.9 Å². The van der Waals surface area contributed by atoms with Gasteiger partial charge < -0.3 is 14.6 Å². The molecule has 0 saturated heterocycles. The van der Waals surface area contributed by atoms with E-state index in [2.05, 4.69) is 6.92 Å². The van der Waals surface area contributed by atoms with Gasteiger partial charge in [-0.2, -0.15) is 0 Å². The molecule has 108 valence electrons. The van der Waals surface area contributed by atoms with Crippen molar-refractivity contribution in [3.8, 4) is 11.5 Å².